The number of nitrogens with two attached hydrogens (primary N) is 1. The maximum atomic E-state index is 8.78. The zero-order valence-electron chi connectivity index (χ0n) is 11.4. The number of aromatic nitrogens is 1. The summed E-state index contributed by atoms with van der Waals surface area (Å²) < 4.78 is 11.0. The molecule has 0 saturated carbocycles. The molecule has 2 rings (SSSR count). The van der Waals surface area contributed by atoms with E-state index in [9.17, 15) is 0 Å². The molecule has 5 nitrogen and oxygen atoms in total. The van der Waals surface area contributed by atoms with Crippen molar-refractivity contribution in [2.75, 3.05) is 12.8 Å². The molecule has 20 heavy (non-hydrogen) atoms. The van der Waals surface area contributed by atoms with Gasteiger partial charge in [0.25, 0.3) is 0 Å². The fourth-order valence-electron chi connectivity index (χ4n) is 1.74. The summed E-state index contributed by atoms with van der Waals surface area (Å²) >= 11 is 0. The predicted molar refractivity (Wildman–Crippen MR) is 75.8 cm³/mol. The normalized spacial score (nSPS) is 9.85. The molecular weight excluding hydrogens is 254 g/mol. The number of hydrogen-bond acceptors (Lipinski definition) is 5. The summed E-state index contributed by atoms with van der Waals surface area (Å²) in [7, 11) is 1.58. The molecule has 0 amide bonds. The SMILES string of the molecule is CCc1ccc(Oc2ncc(C#N)cc2N)c(OC)c1. The topological polar surface area (TPSA) is 81.2 Å². The van der Waals surface area contributed by atoms with Crippen LogP contribution in [0.4, 0.5) is 5.69 Å². The molecule has 1 heterocycles. The minimum atomic E-state index is 0.256. The summed E-state index contributed by atoms with van der Waals surface area (Å²) in [5.41, 5.74) is 7.66. The smallest absolute Gasteiger partial charge is 0.242 e. The van der Waals surface area contributed by atoms with Crippen molar-refractivity contribution >= 4 is 5.69 Å². The summed E-state index contributed by atoms with van der Waals surface area (Å²) in [6.45, 7) is 2.06. The van der Waals surface area contributed by atoms with Crippen molar-refractivity contribution < 1.29 is 9.47 Å². The Morgan fingerprint density at radius 3 is 2.70 bits per heavy atom. The van der Waals surface area contributed by atoms with Crippen LogP contribution in [0.2, 0.25) is 0 Å². The first-order valence-electron chi connectivity index (χ1n) is 6.18. The number of methoxy groups -OCH3 is 1. The highest BCUT2D eigenvalue weighted by atomic mass is 16.5. The summed E-state index contributed by atoms with van der Waals surface area (Å²) in [5, 5.41) is 8.78. The Morgan fingerprint density at radius 2 is 2.10 bits per heavy atom. The third-order valence-electron chi connectivity index (χ3n) is 2.85. The van der Waals surface area contributed by atoms with E-state index in [0.717, 1.165) is 12.0 Å². The molecule has 0 aliphatic carbocycles. The highest BCUT2D eigenvalue weighted by molar-refractivity contribution is 5.54. The van der Waals surface area contributed by atoms with E-state index in [4.69, 9.17) is 20.5 Å². The summed E-state index contributed by atoms with van der Waals surface area (Å²) in [4.78, 5) is 4.04. The van der Waals surface area contributed by atoms with Crippen molar-refractivity contribution in [1.82, 2.24) is 4.98 Å². The van der Waals surface area contributed by atoms with E-state index in [1.54, 1.807) is 7.11 Å². The Balaban J connectivity index is 2.32. The first-order valence-corrected chi connectivity index (χ1v) is 6.18. The summed E-state index contributed by atoms with van der Waals surface area (Å²) in [5.74, 6) is 1.41. The molecule has 1 aromatic carbocycles. The maximum Gasteiger partial charge on any atom is 0.242 e. The van der Waals surface area contributed by atoms with E-state index >= 15 is 0 Å². The molecule has 0 bridgehead atoms. The van der Waals surface area contributed by atoms with E-state index in [1.807, 2.05) is 24.3 Å². The standard InChI is InChI=1S/C15H15N3O2/c1-3-10-4-5-13(14(7-10)19-2)20-15-12(17)6-11(8-16)9-18-15/h4-7,9H,3,17H2,1-2H3. The monoisotopic (exact) mass is 269 g/mol. The zero-order chi connectivity index (χ0) is 14.5. The Bertz CT molecular complexity index is 663. The lowest BCUT2D eigenvalue weighted by Crippen LogP contribution is -1.98. The van der Waals surface area contributed by atoms with Crippen LogP contribution in [0.5, 0.6) is 17.4 Å². The van der Waals surface area contributed by atoms with Gasteiger partial charge in [-0.1, -0.05) is 13.0 Å². The van der Waals surface area contributed by atoms with Gasteiger partial charge in [0.05, 0.1) is 18.4 Å². The van der Waals surface area contributed by atoms with Crippen molar-refractivity contribution in [3.8, 4) is 23.4 Å². The van der Waals surface area contributed by atoms with Crippen molar-refractivity contribution in [3.63, 3.8) is 0 Å². The largest absolute Gasteiger partial charge is 0.493 e. The lowest BCUT2D eigenvalue weighted by Gasteiger charge is -2.12. The van der Waals surface area contributed by atoms with Crippen molar-refractivity contribution in [2.45, 2.75) is 13.3 Å². The number of nitrogen functional groups attached to an aromatic ring is 1. The van der Waals surface area contributed by atoms with Crippen LogP contribution >= 0.6 is 0 Å². The molecule has 1 aromatic heterocycles. The average molecular weight is 269 g/mol. The van der Waals surface area contributed by atoms with Gasteiger partial charge in [0.1, 0.15) is 6.07 Å². The number of ether oxygens (including phenoxy) is 2. The van der Waals surface area contributed by atoms with Gasteiger partial charge in [-0.3, -0.25) is 0 Å². The van der Waals surface area contributed by atoms with Gasteiger partial charge in [-0.05, 0) is 30.2 Å². The van der Waals surface area contributed by atoms with Crippen LogP contribution in [-0.4, -0.2) is 12.1 Å². The van der Waals surface area contributed by atoms with Crippen LogP contribution in [0.3, 0.4) is 0 Å². The molecule has 0 aliphatic rings. The molecule has 0 aliphatic heterocycles. The van der Waals surface area contributed by atoms with Gasteiger partial charge < -0.3 is 15.2 Å². The first-order chi connectivity index (χ1) is 9.67. The minimum absolute atomic E-state index is 0.256. The van der Waals surface area contributed by atoms with Crippen LogP contribution in [0.15, 0.2) is 30.5 Å². The molecule has 2 aromatic rings. The molecular formula is C15H15N3O2. The minimum Gasteiger partial charge on any atom is -0.493 e. The van der Waals surface area contributed by atoms with Gasteiger partial charge in [0.2, 0.25) is 5.88 Å². The highest BCUT2D eigenvalue weighted by Gasteiger charge is 2.10. The fourth-order valence-corrected chi connectivity index (χ4v) is 1.74. The average Bonchev–Trinajstić information content (AvgIpc) is 2.49. The van der Waals surface area contributed by atoms with Crippen LogP contribution < -0.4 is 15.2 Å². The van der Waals surface area contributed by atoms with Crippen LogP contribution in [-0.2, 0) is 6.42 Å². The number of rotatable bonds is 4. The van der Waals surface area contributed by atoms with Gasteiger partial charge in [0, 0.05) is 6.20 Å². The van der Waals surface area contributed by atoms with Gasteiger partial charge in [-0.25, -0.2) is 4.98 Å². The molecule has 0 unspecified atom stereocenters. The van der Waals surface area contributed by atoms with Crippen molar-refractivity contribution in [1.29, 1.82) is 5.26 Å². The van der Waals surface area contributed by atoms with E-state index in [2.05, 4.69) is 11.9 Å². The molecule has 0 fully saturated rings. The fraction of sp³-hybridized carbons (Fsp3) is 0.200. The van der Waals surface area contributed by atoms with E-state index in [0.29, 0.717) is 22.7 Å². The third-order valence-corrected chi connectivity index (χ3v) is 2.85. The number of aryl methyl sites for hydroxylation is 1. The second-order valence-corrected chi connectivity index (χ2v) is 4.17. The number of anilines is 1. The van der Waals surface area contributed by atoms with Gasteiger partial charge >= 0.3 is 0 Å². The second kappa shape index (κ2) is 5.93. The second-order valence-electron chi connectivity index (χ2n) is 4.17. The highest BCUT2D eigenvalue weighted by Crippen LogP contribution is 2.33. The maximum absolute atomic E-state index is 8.78. The first kappa shape index (κ1) is 13.7. The molecule has 0 saturated heterocycles. The number of nitrogens with zero attached hydrogens (tertiary/aromatic N) is 2. The summed E-state index contributed by atoms with van der Waals surface area (Å²) in [6.07, 6.45) is 2.33. The molecule has 5 heteroatoms. The van der Waals surface area contributed by atoms with Crippen LogP contribution in [0.25, 0.3) is 0 Å². The van der Waals surface area contributed by atoms with Crippen LogP contribution in [0.1, 0.15) is 18.1 Å². The molecule has 0 atom stereocenters. The summed E-state index contributed by atoms with van der Waals surface area (Å²) in [6, 6.07) is 9.18. The third kappa shape index (κ3) is 2.81. The van der Waals surface area contributed by atoms with E-state index < -0.39 is 0 Å². The Morgan fingerprint density at radius 1 is 1.30 bits per heavy atom. The van der Waals surface area contributed by atoms with Crippen LogP contribution in [0, 0.1) is 11.3 Å². The number of benzene rings is 1. The molecule has 102 valence electrons. The quantitative estimate of drug-likeness (QED) is 0.922. The number of pyridine rings is 1. The van der Waals surface area contributed by atoms with Gasteiger partial charge in [-0.2, -0.15) is 5.26 Å². The predicted octanol–water partition coefficient (Wildman–Crippen LogP) is 2.90. The Labute approximate surface area is 117 Å². The Kier molecular flexibility index (Phi) is 4.06. The zero-order valence-corrected chi connectivity index (χ0v) is 11.4. The molecule has 0 radical (unpaired) electrons. The van der Waals surface area contributed by atoms with Gasteiger partial charge in [0.15, 0.2) is 11.5 Å². The van der Waals surface area contributed by atoms with E-state index in [1.165, 1.54) is 12.3 Å². The van der Waals surface area contributed by atoms with Gasteiger partial charge in [-0.15, -0.1) is 0 Å². The lowest BCUT2D eigenvalue weighted by atomic mass is 10.1. The van der Waals surface area contributed by atoms with Crippen molar-refractivity contribution in [2.24, 2.45) is 0 Å². The molecule has 2 N–H and O–H groups in total. The lowest BCUT2D eigenvalue weighted by molar-refractivity contribution is 0.374. The number of hydrogen-bond donors (Lipinski definition) is 1. The van der Waals surface area contributed by atoms with Crippen molar-refractivity contribution in [3.05, 3.63) is 41.6 Å². The molecule has 0 spiro atoms. The Hall–Kier alpha value is -2.74. The van der Waals surface area contributed by atoms with E-state index in [-0.39, 0.29) is 5.88 Å². The number of nitriles is 1.